The molecular weight excluding hydrogens is 439 g/mol. The van der Waals surface area contributed by atoms with Crippen molar-refractivity contribution in [3.63, 3.8) is 0 Å². The Hall–Kier alpha value is -0.618. The van der Waals surface area contributed by atoms with E-state index in [2.05, 4.69) is 8.12 Å². The van der Waals surface area contributed by atoms with Crippen LogP contribution in [0.15, 0.2) is 55.5 Å². The van der Waals surface area contributed by atoms with Crippen LogP contribution in [0, 0.1) is 0 Å². The van der Waals surface area contributed by atoms with Crippen molar-refractivity contribution in [2.45, 2.75) is 19.3 Å². The average Bonchev–Trinajstić information content (AvgIpc) is 2.41. The molecule has 0 saturated carbocycles. The van der Waals surface area contributed by atoms with Gasteiger partial charge in [0, 0.05) is 0 Å². The van der Waals surface area contributed by atoms with E-state index in [0.717, 1.165) is 56.0 Å². The molecule has 0 bridgehead atoms. The number of hydrogen-bond donors (Lipinski definition) is 1. The predicted octanol–water partition coefficient (Wildman–Crippen LogP) is 3.81. The molecule has 2 rings (SSSR count). The molecule has 91 valence electrons. The molecular formula is C14H14ClN2Pb. The molecule has 1 aliphatic carbocycles. The minimum atomic E-state index is 0.831. The molecule has 0 amide bonds. The van der Waals surface area contributed by atoms with Crippen LogP contribution in [0.3, 0.4) is 0 Å². The molecule has 0 spiro atoms. The van der Waals surface area contributed by atoms with E-state index in [1.54, 1.807) is 0 Å². The van der Waals surface area contributed by atoms with Crippen molar-refractivity contribution >= 4 is 49.6 Å². The molecule has 4 heteroatoms. The quantitative estimate of drug-likeness (QED) is 0.547. The van der Waals surface area contributed by atoms with Gasteiger partial charge in [0.2, 0.25) is 0 Å². The van der Waals surface area contributed by atoms with Gasteiger partial charge in [-0.25, -0.2) is 0 Å². The number of anilines is 1. The summed E-state index contributed by atoms with van der Waals surface area (Å²) in [6, 6.07) is 10.1. The van der Waals surface area contributed by atoms with E-state index >= 15 is 0 Å². The molecule has 1 N–H and O–H groups in total. The Morgan fingerprint density at radius 3 is 2.72 bits per heavy atom. The summed E-state index contributed by atoms with van der Waals surface area (Å²) in [5.74, 6) is 0. The first-order chi connectivity index (χ1) is 8.81. The minimum absolute atomic E-state index is 0.831. The van der Waals surface area contributed by atoms with Crippen LogP contribution in [0.5, 0.6) is 0 Å². The third kappa shape index (κ3) is 3.69. The first kappa shape index (κ1) is 13.8. The van der Waals surface area contributed by atoms with Gasteiger partial charge in [-0.1, -0.05) is 0 Å². The Kier molecular flexibility index (Phi) is 5.44. The molecule has 18 heavy (non-hydrogen) atoms. The Morgan fingerprint density at radius 1 is 1.22 bits per heavy atom. The normalized spacial score (nSPS) is 18.7. The van der Waals surface area contributed by atoms with Crippen LogP contribution in [-0.2, 0) is 0 Å². The van der Waals surface area contributed by atoms with Gasteiger partial charge >= 0.3 is 130 Å². The van der Waals surface area contributed by atoms with E-state index in [1.165, 1.54) is 11.1 Å². The van der Waals surface area contributed by atoms with Gasteiger partial charge in [-0.15, -0.1) is 0 Å². The number of para-hydroxylation sites is 1. The Morgan fingerprint density at radius 2 is 2.00 bits per heavy atom. The van der Waals surface area contributed by atoms with Crippen molar-refractivity contribution in [3.05, 3.63) is 52.7 Å². The van der Waals surface area contributed by atoms with E-state index in [-0.39, 0.29) is 0 Å². The number of nitrogens with one attached hydrogen (secondary N) is 1. The van der Waals surface area contributed by atoms with Gasteiger partial charge in [0.25, 0.3) is 0 Å². The van der Waals surface area contributed by atoms with Crippen LogP contribution in [0.1, 0.15) is 19.3 Å². The van der Waals surface area contributed by atoms with Crippen molar-refractivity contribution in [1.29, 1.82) is 0 Å². The summed E-state index contributed by atoms with van der Waals surface area (Å²) >= 11 is 7.22. The number of nitrogens with zero attached hydrogens (tertiary/aromatic N) is 1. The number of halogens is 1. The van der Waals surface area contributed by atoms with Gasteiger partial charge in [-0.2, -0.15) is 0 Å². The second-order valence-corrected chi connectivity index (χ2v) is 5.51. The fourth-order valence-electron chi connectivity index (χ4n) is 1.93. The number of benzene rings is 1. The molecule has 0 heterocycles. The van der Waals surface area contributed by atoms with E-state index in [9.17, 15) is 0 Å². The maximum atomic E-state index is 6.39. The molecule has 0 unspecified atom stereocenters. The first-order valence-corrected chi connectivity index (χ1v) is 8.02. The zero-order valence-corrected chi connectivity index (χ0v) is 14.6. The van der Waals surface area contributed by atoms with E-state index < -0.39 is 0 Å². The van der Waals surface area contributed by atoms with Crippen molar-refractivity contribution < 1.29 is 0 Å². The number of allylic oxidation sites excluding steroid dienone is 3. The van der Waals surface area contributed by atoms with Crippen molar-refractivity contribution in [3.8, 4) is 0 Å². The standard InChI is InChI=1S/C14H14ClN2.Pb/c15-14-11(9-16)5-4-6-12(14)10-17-13-7-2-1-3-8-13;/h1-3,7-10,17H,4-6H2;/q-1;+1. The summed E-state index contributed by atoms with van der Waals surface area (Å²) in [5, 5.41) is 4.16. The van der Waals surface area contributed by atoms with Gasteiger partial charge < -0.3 is 0 Å². The van der Waals surface area contributed by atoms with Crippen LogP contribution in [0.2, 0.25) is 0 Å². The Balaban J connectivity index is 2.15. The summed E-state index contributed by atoms with van der Waals surface area (Å²) < 4.78 is 4.19. The molecule has 0 aromatic heterocycles. The van der Waals surface area contributed by atoms with Crippen LogP contribution >= 0.6 is 11.6 Å². The van der Waals surface area contributed by atoms with Crippen LogP contribution in [0.25, 0.3) is 0 Å². The van der Waals surface area contributed by atoms with Crippen molar-refractivity contribution in [2.75, 3.05) is 5.32 Å². The van der Waals surface area contributed by atoms with Gasteiger partial charge in [-0.05, 0) is 0 Å². The van der Waals surface area contributed by atoms with Gasteiger partial charge in [0.15, 0.2) is 0 Å². The summed E-state index contributed by atoms with van der Waals surface area (Å²) in [5.41, 5.74) is 3.42. The van der Waals surface area contributed by atoms with E-state index in [4.69, 9.17) is 11.6 Å². The Bertz CT molecular complexity index is 492. The average molecular weight is 453 g/mol. The third-order valence-corrected chi connectivity index (χ3v) is 3.85. The fourth-order valence-corrected chi connectivity index (χ4v) is 2.83. The molecule has 1 aromatic carbocycles. The van der Waals surface area contributed by atoms with Gasteiger partial charge in [-0.3, -0.25) is 0 Å². The van der Waals surface area contributed by atoms with Crippen LogP contribution in [0.4, 0.5) is 5.69 Å². The van der Waals surface area contributed by atoms with Gasteiger partial charge in [0.1, 0.15) is 0 Å². The second kappa shape index (κ2) is 7.09. The van der Waals surface area contributed by atoms with E-state index in [1.807, 2.05) is 42.7 Å². The molecule has 2 nitrogen and oxygen atoms in total. The predicted molar refractivity (Wildman–Crippen MR) is 79.1 cm³/mol. The molecule has 1 aromatic rings. The number of rotatable bonds is 3. The summed E-state index contributed by atoms with van der Waals surface area (Å²) in [7, 11) is 0. The summed E-state index contributed by atoms with van der Waals surface area (Å²) in [4.78, 5) is 0. The monoisotopic (exact) mass is 453 g/mol. The van der Waals surface area contributed by atoms with Crippen molar-refractivity contribution in [1.82, 2.24) is 0 Å². The third-order valence-electron chi connectivity index (χ3n) is 2.86. The van der Waals surface area contributed by atoms with Crippen LogP contribution in [-0.4, -0.2) is 32.3 Å². The molecule has 0 fully saturated rings. The molecule has 0 aliphatic heterocycles. The van der Waals surface area contributed by atoms with Crippen LogP contribution < -0.4 is 5.32 Å². The molecule has 3 radical (unpaired) electrons. The maximum absolute atomic E-state index is 6.39. The second-order valence-electron chi connectivity index (χ2n) is 4.13. The summed E-state index contributed by atoms with van der Waals surface area (Å²) in [6.07, 6.45) is 7.13. The molecule has 0 atom stereocenters. The first-order valence-electron chi connectivity index (χ1n) is 5.90. The molecule has 0 saturated heterocycles. The zero-order chi connectivity index (χ0) is 12.8. The van der Waals surface area contributed by atoms with Crippen molar-refractivity contribution in [2.24, 2.45) is 2.80 Å². The topological polar surface area (TPSA) is 24.4 Å². The Labute approximate surface area is 129 Å². The van der Waals surface area contributed by atoms with E-state index in [0.29, 0.717) is 0 Å². The summed E-state index contributed by atoms with van der Waals surface area (Å²) in [6.45, 7) is 0. The molecule has 1 aliphatic rings. The zero-order valence-electron chi connectivity index (χ0n) is 9.99. The fraction of sp³-hybridized carbons (Fsp3) is 0.214. The SMILES string of the molecule is ClC1=C(C=[N][Pb])CCCC1=CNc1ccccc1. The van der Waals surface area contributed by atoms with Gasteiger partial charge in [0.05, 0.1) is 0 Å². The number of hydrogen-bond acceptors (Lipinski definition) is 2.